The van der Waals surface area contributed by atoms with Crippen molar-refractivity contribution in [3.63, 3.8) is 0 Å². The smallest absolute Gasteiger partial charge is 0.295 e. The fourth-order valence-corrected chi connectivity index (χ4v) is 4.73. The normalized spacial score (nSPS) is 15.4. The maximum absolute atomic E-state index is 13.5. The van der Waals surface area contributed by atoms with Crippen molar-refractivity contribution in [3.05, 3.63) is 52.6 Å². The van der Waals surface area contributed by atoms with E-state index in [1.165, 1.54) is 6.33 Å². The Hall–Kier alpha value is -2.60. The van der Waals surface area contributed by atoms with Gasteiger partial charge in [0, 0.05) is 13.2 Å². The van der Waals surface area contributed by atoms with Crippen molar-refractivity contribution in [1.29, 1.82) is 0 Å². The number of imidazole rings is 1. The molecule has 0 bridgehead atoms. The summed E-state index contributed by atoms with van der Waals surface area (Å²) in [6.45, 7) is 4.23. The number of benzene rings is 1. The standard InChI is InChI=1S/C20H29N6O6P/c1-3-31-19(28)14(2)25-33(29,32-11-15-7-5-4-6-8-15)13-30-10-9-26-12-22-16-17(26)23-20(21)24-18(16)27/h4-8,12,14,19,28H,3,9-11,13H2,1-2H3,(H,25,29)(H3,21,23,24,27)/t14-,19?,33?/m1/s1. The molecule has 0 fully saturated rings. The largest absolute Gasteiger partial charge is 0.369 e. The first-order valence-electron chi connectivity index (χ1n) is 10.4. The average Bonchev–Trinajstić information content (AvgIpc) is 3.19. The first-order valence-corrected chi connectivity index (χ1v) is 12.3. The first kappa shape index (κ1) is 25.0. The van der Waals surface area contributed by atoms with Crippen LogP contribution in [0.15, 0.2) is 41.5 Å². The second-order valence-electron chi connectivity index (χ2n) is 7.29. The van der Waals surface area contributed by atoms with Gasteiger partial charge in [0.25, 0.3) is 13.1 Å². The van der Waals surface area contributed by atoms with E-state index < -0.39 is 25.4 Å². The Morgan fingerprint density at radius 2 is 2.09 bits per heavy atom. The molecule has 3 aromatic rings. The molecule has 0 aliphatic carbocycles. The SMILES string of the molecule is CCOC(O)[C@@H](C)NP(=O)(COCCn1cnc2c(=O)[nH]c(N)nc21)OCc1ccccc1. The molecule has 0 radical (unpaired) electrons. The van der Waals surface area contributed by atoms with Gasteiger partial charge in [-0.3, -0.25) is 14.3 Å². The van der Waals surface area contributed by atoms with Gasteiger partial charge in [-0.1, -0.05) is 30.3 Å². The second kappa shape index (κ2) is 11.5. The number of fused-ring (bicyclic) bond motifs is 1. The van der Waals surface area contributed by atoms with E-state index in [9.17, 15) is 14.5 Å². The number of aliphatic hydroxyl groups is 1. The Morgan fingerprint density at radius 3 is 2.82 bits per heavy atom. The van der Waals surface area contributed by atoms with Gasteiger partial charge in [-0.15, -0.1) is 0 Å². The Balaban J connectivity index is 1.63. The molecule has 0 aliphatic rings. The summed E-state index contributed by atoms with van der Waals surface area (Å²) in [6, 6.07) is 8.64. The van der Waals surface area contributed by atoms with Gasteiger partial charge in [0.05, 0.1) is 25.6 Å². The van der Waals surface area contributed by atoms with Crippen LogP contribution >= 0.6 is 7.52 Å². The molecule has 5 N–H and O–H groups in total. The molecule has 0 saturated carbocycles. The van der Waals surface area contributed by atoms with Crippen molar-refractivity contribution in [3.8, 4) is 0 Å². The number of aliphatic hydroxyl groups excluding tert-OH is 1. The van der Waals surface area contributed by atoms with Gasteiger partial charge in [0.15, 0.2) is 17.5 Å². The van der Waals surface area contributed by atoms with Crippen LogP contribution in [0.1, 0.15) is 19.4 Å². The summed E-state index contributed by atoms with van der Waals surface area (Å²) in [7, 11) is -3.52. The minimum atomic E-state index is -3.52. The van der Waals surface area contributed by atoms with Crippen molar-refractivity contribution in [2.24, 2.45) is 0 Å². The minimum Gasteiger partial charge on any atom is -0.369 e. The molecule has 33 heavy (non-hydrogen) atoms. The van der Waals surface area contributed by atoms with Crippen molar-refractivity contribution < 1.29 is 23.7 Å². The van der Waals surface area contributed by atoms with Crippen LogP contribution in [0.3, 0.4) is 0 Å². The van der Waals surface area contributed by atoms with Crippen molar-refractivity contribution in [1.82, 2.24) is 24.6 Å². The summed E-state index contributed by atoms with van der Waals surface area (Å²) in [5.41, 5.74) is 6.52. The Morgan fingerprint density at radius 1 is 1.33 bits per heavy atom. The first-order chi connectivity index (χ1) is 15.8. The molecular formula is C20H29N6O6P. The van der Waals surface area contributed by atoms with E-state index in [4.69, 9.17) is 19.7 Å². The van der Waals surface area contributed by atoms with Crippen molar-refractivity contribution >= 4 is 24.6 Å². The van der Waals surface area contributed by atoms with Crippen LogP contribution in [-0.4, -0.2) is 56.5 Å². The number of hydrogen-bond donors (Lipinski definition) is 4. The summed E-state index contributed by atoms with van der Waals surface area (Å²) < 4.78 is 31.6. The lowest BCUT2D eigenvalue weighted by Gasteiger charge is -2.26. The van der Waals surface area contributed by atoms with E-state index in [0.717, 1.165) is 5.56 Å². The monoisotopic (exact) mass is 480 g/mol. The highest BCUT2D eigenvalue weighted by Crippen LogP contribution is 2.44. The van der Waals surface area contributed by atoms with Crippen molar-refractivity contribution in [2.75, 3.05) is 25.3 Å². The number of hydrogen-bond acceptors (Lipinski definition) is 9. The van der Waals surface area contributed by atoms with E-state index in [0.29, 0.717) is 18.8 Å². The second-order valence-corrected chi connectivity index (χ2v) is 9.42. The summed E-state index contributed by atoms with van der Waals surface area (Å²) in [4.78, 5) is 22.4. The zero-order valence-electron chi connectivity index (χ0n) is 18.5. The number of anilines is 1. The van der Waals surface area contributed by atoms with Gasteiger partial charge in [0.1, 0.15) is 6.35 Å². The molecule has 0 saturated heterocycles. The van der Waals surface area contributed by atoms with Gasteiger partial charge < -0.3 is 29.4 Å². The molecule has 0 spiro atoms. The van der Waals surface area contributed by atoms with E-state index in [1.54, 1.807) is 18.4 Å². The van der Waals surface area contributed by atoms with Crippen molar-refractivity contribution in [2.45, 2.75) is 39.3 Å². The predicted molar refractivity (Wildman–Crippen MR) is 122 cm³/mol. The maximum atomic E-state index is 13.5. The van der Waals surface area contributed by atoms with Crippen LogP contribution < -0.4 is 16.4 Å². The minimum absolute atomic E-state index is 0.0139. The van der Waals surface area contributed by atoms with Crippen LogP contribution in [0.25, 0.3) is 11.2 Å². The van der Waals surface area contributed by atoms with Gasteiger partial charge in [-0.25, -0.2) is 10.1 Å². The van der Waals surface area contributed by atoms with Crippen LogP contribution in [0.4, 0.5) is 5.95 Å². The molecule has 0 aliphatic heterocycles. The fourth-order valence-electron chi connectivity index (χ4n) is 3.04. The molecule has 1 aromatic carbocycles. The molecule has 2 aromatic heterocycles. The molecular weight excluding hydrogens is 451 g/mol. The molecule has 12 nitrogen and oxygen atoms in total. The Labute approximate surface area is 190 Å². The zero-order valence-corrected chi connectivity index (χ0v) is 19.4. The Kier molecular flexibility index (Phi) is 8.73. The third-order valence-corrected chi connectivity index (χ3v) is 6.55. The summed E-state index contributed by atoms with van der Waals surface area (Å²) in [5, 5.41) is 12.9. The van der Waals surface area contributed by atoms with E-state index in [1.807, 2.05) is 30.3 Å². The van der Waals surface area contributed by atoms with Gasteiger partial charge in [-0.2, -0.15) is 4.98 Å². The highest BCUT2D eigenvalue weighted by Gasteiger charge is 2.29. The molecule has 3 atom stereocenters. The molecule has 0 amide bonds. The van der Waals surface area contributed by atoms with Gasteiger partial charge >= 0.3 is 0 Å². The lowest BCUT2D eigenvalue weighted by atomic mass is 10.2. The molecule has 2 unspecified atom stereocenters. The van der Waals surface area contributed by atoms with E-state index in [-0.39, 0.29) is 31.0 Å². The highest BCUT2D eigenvalue weighted by atomic mass is 31.2. The third-order valence-electron chi connectivity index (χ3n) is 4.68. The lowest BCUT2D eigenvalue weighted by Crippen LogP contribution is -2.38. The fraction of sp³-hybridized carbons (Fsp3) is 0.450. The highest BCUT2D eigenvalue weighted by molar-refractivity contribution is 7.56. The quantitative estimate of drug-likeness (QED) is 0.160. The van der Waals surface area contributed by atoms with Gasteiger partial charge in [-0.05, 0) is 19.4 Å². The average molecular weight is 480 g/mol. The topological polar surface area (TPSA) is 167 Å². The number of nitrogens with zero attached hydrogens (tertiary/aromatic N) is 3. The summed E-state index contributed by atoms with van der Waals surface area (Å²) in [5.74, 6) is -0.0139. The van der Waals surface area contributed by atoms with E-state index >= 15 is 0 Å². The number of aromatic nitrogens is 4. The number of H-pyrrole nitrogens is 1. The number of nitrogen functional groups attached to an aromatic ring is 1. The summed E-state index contributed by atoms with van der Waals surface area (Å²) in [6.07, 6.45) is 0.0572. The van der Waals surface area contributed by atoms with Crippen LogP contribution in [0.5, 0.6) is 0 Å². The summed E-state index contributed by atoms with van der Waals surface area (Å²) >= 11 is 0. The molecule has 2 heterocycles. The zero-order chi connectivity index (χ0) is 23.8. The number of aromatic amines is 1. The number of nitrogens with one attached hydrogen (secondary N) is 2. The predicted octanol–water partition coefficient (Wildman–Crippen LogP) is 1.42. The number of nitrogens with two attached hydrogens (primary N) is 1. The number of ether oxygens (including phenoxy) is 2. The molecule has 180 valence electrons. The van der Waals surface area contributed by atoms with Crippen LogP contribution in [0.2, 0.25) is 0 Å². The van der Waals surface area contributed by atoms with E-state index in [2.05, 4.69) is 20.0 Å². The lowest BCUT2D eigenvalue weighted by molar-refractivity contribution is -0.109. The number of rotatable bonds is 13. The van der Waals surface area contributed by atoms with Crippen LogP contribution in [0, 0.1) is 0 Å². The van der Waals surface area contributed by atoms with Gasteiger partial charge in [0.2, 0.25) is 5.95 Å². The van der Waals surface area contributed by atoms with Crippen LogP contribution in [-0.2, 0) is 31.7 Å². The molecule has 3 rings (SSSR count). The third kappa shape index (κ3) is 6.94. The molecule has 13 heteroatoms. The maximum Gasteiger partial charge on any atom is 0.295 e. The Bertz CT molecular complexity index is 1140.